The number of nitrogens with zero attached hydrogens (tertiary/aromatic N) is 1. The van der Waals surface area contributed by atoms with Crippen LogP contribution in [0.1, 0.15) is 78.0 Å². The highest BCUT2D eigenvalue weighted by molar-refractivity contribution is 6.09. The van der Waals surface area contributed by atoms with E-state index in [2.05, 4.69) is 30.1 Å². The lowest BCUT2D eigenvalue weighted by Gasteiger charge is -2.36. The maximum Gasteiger partial charge on any atom is 0.306 e. The third-order valence-corrected chi connectivity index (χ3v) is 6.21. The molecule has 0 radical (unpaired) electrons. The number of ether oxygens (including phenoxy) is 2. The summed E-state index contributed by atoms with van der Waals surface area (Å²) in [5, 5.41) is 1.22. The summed E-state index contributed by atoms with van der Waals surface area (Å²) in [6.45, 7) is 10.2. The van der Waals surface area contributed by atoms with Crippen LogP contribution in [0.3, 0.4) is 0 Å². The lowest BCUT2D eigenvalue weighted by molar-refractivity contribution is -0.147. The molecule has 1 aromatic carbocycles. The fraction of sp³-hybridized carbons (Fsp3) is 0.577. The van der Waals surface area contributed by atoms with Crippen molar-refractivity contribution in [1.29, 1.82) is 0 Å². The van der Waals surface area contributed by atoms with Crippen LogP contribution in [-0.4, -0.2) is 41.4 Å². The molecule has 0 saturated carbocycles. The molecule has 0 bridgehead atoms. The van der Waals surface area contributed by atoms with Crippen LogP contribution >= 0.6 is 0 Å². The van der Waals surface area contributed by atoms with E-state index < -0.39 is 5.41 Å². The summed E-state index contributed by atoms with van der Waals surface area (Å²) in [7, 11) is 0. The maximum atomic E-state index is 12.4. The minimum atomic E-state index is -0.415. The average Bonchev–Trinajstić information content (AvgIpc) is 3.12. The minimum absolute atomic E-state index is 0.146. The average molecular weight is 441 g/mol. The summed E-state index contributed by atoms with van der Waals surface area (Å²) in [5.41, 5.74) is 3.98. The summed E-state index contributed by atoms with van der Waals surface area (Å²) < 4.78 is 10.8. The Kier molecular flexibility index (Phi) is 7.75. The van der Waals surface area contributed by atoms with E-state index in [4.69, 9.17) is 14.5 Å². The van der Waals surface area contributed by atoms with E-state index in [1.165, 1.54) is 10.9 Å². The van der Waals surface area contributed by atoms with Crippen LogP contribution < -0.4 is 0 Å². The van der Waals surface area contributed by atoms with Gasteiger partial charge in [-0.25, -0.2) is 0 Å². The number of hydrogen-bond donors (Lipinski definition) is 1. The molecule has 0 amide bonds. The molecule has 0 aliphatic carbocycles. The molecule has 6 heteroatoms. The fourth-order valence-corrected chi connectivity index (χ4v) is 4.66. The number of aromatic nitrogens is 1. The highest BCUT2D eigenvalue weighted by Gasteiger charge is 2.39. The van der Waals surface area contributed by atoms with Gasteiger partial charge in [0.1, 0.15) is 0 Å². The van der Waals surface area contributed by atoms with Crippen molar-refractivity contribution in [2.75, 3.05) is 6.54 Å². The molecule has 2 aromatic rings. The Morgan fingerprint density at radius 2 is 1.62 bits per heavy atom. The lowest BCUT2D eigenvalue weighted by Crippen LogP contribution is -2.36. The predicted molar refractivity (Wildman–Crippen MR) is 127 cm³/mol. The van der Waals surface area contributed by atoms with Crippen molar-refractivity contribution in [2.24, 2.45) is 10.4 Å². The zero-order chi connectivity index (χ0) is 23.3. The summed E-state index contributed by atoms with van der Waals surface area (Å²) in [5.74, 6) is -0.424. The topological polar surface area (TPSA) is 80.8 Å². The number of para-hydroxylation sites is 1. The molecule has 0 spiro atoms. The van der Waals surface area contributed by atoms with Gasteiger partial charge in [0.2, 0.25) is 0 Å². The van der Waals surface area contributed by atoms with E-state index in [1.54, 1.807) is 0 Å². The van der Waals surface area contributed by atoms with Gasteiger partial charge < -0.3 is 14.5 Å². The van der Waals surface area contributed by atoms with E-state index in [1.807, 2.05) is 33.8 Å². The Labute approximate surface area is 190 Å². The van der Waals surface area contributed by atoms with E-state index in [9.17, 15) is 9.59 Å². The summed E-state index contributed by atoms with van der Waals surface area (Å²) in [6.07, 6.45) is 3.10. The van der Waals surface area contributed by atoms with Gasteiger partial charge in [0, 0.05) is 35.7 Å². The number of nitrogens with one attached hydrogen (secondary N) is 1. The van der Waals surface area contributed by atoms with Crippen molar-refractivity contribution >= 4 is 28.6 Å². The van der Waals surface area contributed by atoms with Gasteiger partial charge in [0.15, 0.2) is 0 Å². The Bertz CT molecular complexity index is 961. The SMILES string of the molecule is CCC(CCC(=O)OC(C)C)(CCC(=O)OC(C)C)C1=NCCc2c1[nH]c1ccccc21. The highest BCUT2D eigenvalue weighted by Crippen LogP contribution is 2.41. The third kappa shape index (κ3) is 5.40. The fourth-order valence-electron chi connectivity index (χ4n) is 4.66. The van der Waals surface area contributed by atoms with Gasteiger partial charge in [0.25, 0.3) is 0 Å². The number of H-pyrrole nitrogens is 1. The van der Waals surface area contributed by atoms with Crippen molar-refractivity contribution < 1.29 is 19.1 Å². The molecule has 0 unspecified atom stereocenters. The molecular weight excluding hydrogens is 404 g/mol. The molecule has 1 N–H and O–H groups in total. The van der Waals surface area contributed by atoms with Crippen LogP contribution in [0, 0.1) is 5.41 Å². The Morgan fingerprint density at radius 3 is 2.19 bits per heavy atom. The van der Waals surface area contributed by atoms with E-state index in [0.717, 1.165) is 29.8 Å². The van der Waals surface area contributed by atoms with Crippen LogP contribution in [0.4, 0.5) is 0 Å². The quantitative estimate of drug-likeness (QED) is 0.504. The third-order valence-electron chi connectivity index (χ3n) is 6.21. The molecular formula is C26H36N2O4. The van der Waals surface area contributed by atoms with Gasteiger partial charge in [-0.1, -0.05) is 25.1 Å². The zero-order valence-electron chi connectivity index (χ0n) is 20.0. The molecule has 0 atom stereocenters. The van der Waals surface area contributed by atoms with Crippen LogP contribution in [0.25, 0.3) is 10.9 Å². The van der Waals surface area contributed by atoms with E-state index in [0.29, 0.717) is 32.2 Å². The first-order chi connectivity index (χ1) is 15.3. The molecule has 3 rings (SSSR count). The molecule has 1 aliphatic heterocycles. The number of carbonyl (C=O) groups excluding carboxylic acids is 2. The van der Waals surface area contributed by atoms with Gasteiger partial charge in [-0.2, -0.15) is 0 Å². The largest absolute Gasteiger partial charge is 0.463 e. The highest BCUT2D eigenvalue weighted by atomic mass is 16.5. The van der Waals surface area contributed by atoms with Crippen LogP contribution in [0.5, 0.6) is 0 Å². The van der Waals surface area contributed by atoms with Crippen LogP contribution in [0.2, 0.25) is 0 Å². The van der Waals surface area contributed by atoms with Crippen molar-refractivity contribution in [2.45, 2.75) is 85.4 Å². The Hall–Kier alpha value is -2.63. The standard InChI is InChI=1S/C26H36N2O4/c1-6-26(14-11-22(29)31-17(2)3,15-12-23(30)32-18(4)5)25-24-20(13-16-27-25)19-9-7-8-10-21(19)28-24/h7-10,17-18,28H,6,11-16H2,1-5H3. The second-order valence-electron chi connectivity index (χ2n) is 9.22. The second-order valence-corrected chi connectivity index (χ2v) is 9.22. The number of esters is 2. The summed E-state index contributed by atoms with van der Waals surface area (Å²) >= 11 is 0. The minimum Gasteiger partial charge on any atom is -0.463 e. The van der Waals surface area contributed by atoms with Gasteiger partial charge in [-0.05, 0) is 65.0 Å². The number of hydrogen-bond acceptors (Lipinski definition) is 5. The normalized spacial score (nSPS) is 13.9. The summed E-state index contributed by atoms with van der Waals surface area (Å²) in [6, 6.07) is 8.30. The van der Waals surface area contributed by atoms with Gasteiger partial charge in [-0.3, -0.25) is 14.6 Å². The van der Waals surface area contributed by atoms with Crippen molar-refractivity contribution in [3.8, 4) is 0 Å². The number of carbonyl (C=O) groups is 2. The van der Waals surface area contributed by atoms with Crippen molar-refractivity contribution in [1.82, 2.24) is 4.98 Å². The molecule has 32 heavy (non-hydrogen) atoms. The lowest BCUT2D eigenvalue weighted by atomic mass is 9.70. The number of fused-ring (bicyclic) bond motifs is 3. The predicted octanol–water partition coefficient (Wildman–Crippen LogP) is 5.37. The van der Waals surface area contributed by atoms with Crippen LogP contribution in [-0.2, 0) is 25.5 Å². The van der Waals surface area contributed by atoms with E-state index >= 15 is 0 Å². The van der Waals surface area contributed by atoms with Gasteiger partial charge >= 0.3 is 11.9 Å². The number of aliphatic imine (C=N–C) groups is 1. The Balaban J connectivity index is 1.95. The molecule has 6 nitrogen and oxygen atoms in total. The molecule has 1 aromatic heterocycles. The number of rotatable bonds is 10. The zero-order valence-corrected chi connectivity index (χ0v) is 20.0. The second kappa shape index (κ2) is 10.3. The smallest absolute Gasteiger partial charge is 0.306 e. The van der Waals surface area contributed by atoms with Crippen molar-refractivity contribution in [3.05, 3.63) is 35.5 Å². The molecule has 1 aliphatic rings. The van der Waals surface area contributed by atoms with Crippen molar-refractivity contribution in [3.63, 3.8) is 0 Å². The first-order valence-electron chi connectivity index (χ1n) is 11.8. The van der Waals surface area contributed by atoms with E-state index in [-0.39, 0.29) is 24.1 Å². The molecule has 174 valence electrons. The van der Waals surface area contributed by atoms with Gasteiger partial charge in [0.05, 0.1) is 23.6 Å². The Morgan fingerprint density at radius 1 is 1.03 bits per heavy atom. The summed E-state index contributed by atoms with van der Waals surface area (Å²) in [4.78, 5) is 33.4. The first-order valence-corrected chi connectivity index (χ1v) is 11.8. The number of aromatic amines is 1. The molecule has 0 fully saturated rings. The van der Waals surface area contributed by atoms with Crippen LogP contribution in [0.15, 0.2) is 29.3 Å². The molecule has 0 saturated heterocycles. The van der Waals surface area contributed by atoms with Gasteiger partial charge in [-0.15, -0.1) is 0 Å². The molecule has 2 heterocycles. The first kappa shape index (κ1) is 24.0. The monoisotopic (exact) mass is 440 g/mol. The number of benzene rings is 1. The maximum absolute atomic E-state index is 12.4.